The van der Waals surface area contributed by atoms with Gasteiger partial charge in [-0.1, -0.05) is 29.8 Å². The van der Waals surface area contributed by atoms with Crippen molar-refractivity contribution in [3.8, 4) is 6.07 Å². The van der Waals surface area contributed by atoms with Crippen LogP contribution in [0.1, 0.15) is 24.0 Å². The fourth-order valence-corrected chi connectivity index (χ4v) is 7.91. The second-order valence-corrected chi connectivity index (χ2v) is 13.3. The Morgan fingerprint density at radius 2 is 1.80 bits per heavy atom. The normalized spacial score (nSPS) is 20.0. The van der Waals surface area contributed by atoms with Crippen LogP contribution in [0.15, 0.2) is 71.9 Å². The zero-order valence-corrected chi connectivity index (χ0v) is 24.9. The van der Waals surface area contributed by atoms with Crippen LogP contribution in [0.5, 0.6) is 0 Å². The molecule has 3 atom stereocenters. The number of anilines is 2. The van der Waals surface area contributed by atoms with Gasteiger partial charge in [-0.15, -0.1) is 0 Å². The highest BCUT2D eigenvalue weighted by Crippen LogP contribution is 2.43. The SMILES string of the molecule is CN(c1c(C#N)cnc2c1ccn2S(=O)(=O)c1ccccc1)[C@@H]1CC2CN(C(=O)Nc3ccc(Cl)c(C(F)(F)F)c3)C[C@H]2C1. The van der Waals surface area contributed by atoms with Crippen molar-refractivity contribution in [3.63, 3.8) is 0 Å². The number of fused-ring (bicyclic) bond motifs is 2. The van der Waals surface area contributed by atoms with E-state index in [9.17, 15) is 31.6 Å². The fourth-order valence-electron chi connectivity index (χ4n) is 6.37. The van der Waals surface area contributed by atoms with Crippen LogP contribution < -0.4 is 10.2 Å². The maximum atomic E-state index is 13.4. The number of hydrogen-bond acceptors (Lipinski definition) is 6. The van der Waals surface area contributed by atoms with Gasteiger partial charge in [0.05, 0.1) is 26.7 Å². The Morgan fingerprint density at radius 3 is 2.43 bits per heavy atom. The van der Waals surface area contributed by atoms with Gasteiger partial charge in [0.2, 0.25) is 0 Å². The third-order valence-electron chi connectivity index (χ3n) is 8.51. The molecule has 3 heterocycles. The second-order valence-electron chi connectivity index (χ2n) is 11.1. The first kappa shape index (κ1) is 29.8. The van der Waals surface area contributed by atoms with Crippen molar-refractivity contribution in [3.05, 3.63) is 83.1 Å². The molecule has 14 heteroatoms. The summed E-state index contributed by atoms with van der Waals surface area (Å²) < 4.78 is 67.6. The molecule has 2 aromatic carbocycles. The molecule has 228 valence electrons. The van der Waals surface area contributed by atoms with Gasteiger partial charge in [0, 0.05) is 49.6 Å². The molecule has 0 spiro atoms. The van der Waals surface area contributed by atoms with Gasteiger partial charge in [0.1, 0.15) is 6.07 Å². The minimum atomic E-state index is -4.64. The lowest BCUT2D eigenvalue weighted by Gasteiger charge is -2.29. The fraction of sp³-hybridized carbons (Fsp3) is 0.300. The Kier molecular flexibility index (Phi) is 7.45. The molecule has 6 rings (SSSR count). The predicted octanol–water partition coefficient (Wildman–Crippen LogP) is 6.20. The minimum absolute atomic E-state index is 0.00704. The van der Waals surface area contributed by atoms with Crippen LogP contribution in [0.2, 0.25) is 5.02 Å². The Morgan fingerprint density at radius 1 is 1.11 bits per heavy atom. The molecule has 1 aliphatic carbocycles. The van der Waals surface area contributed by atoms with Crippen LogP contribution in [0.3, 0.4) is 0 Å². The van der Waals surface area contributed by atoms with Gasteiger partial charge >= 0.3 is 12.2 Å². The number of benzene rings is 2. The summed E-state index contributed by atoms with van der Waals surface area (Å²) in [6.07, 6.45) is -0.400. The monoisotopic (exact) mass is 642 g/mol. The number of nitrogens with one attached hydrogen (secondary N) is 1. The van der Waals surface area contributed by atoms with Crippen LogP contribution in [0.25, 0.3) is 11.0 Å². The molecule has 2 fully saturated rings. The van der Waals surface area contributed by atoms with E-state index in [2.05, 4.69) is 16.4 Å². The molecule has 0 bridgehead atoms. The zero-order valence-electron chi connectivity index (χ0n) is 23.3. The number of halogens is 4. The van der Waals surface area contributed by atoms with Gasteiger partial charge in [-0.2, -0.15) is 18.4 Å². The standard InChI is InChI=1S/C30H26ClF3N6O3S/c1-38(27-20(14-35)15-36-28-24(27)9-10-40(28)44(42,43)23-5-3-2-4-6-23)22-11-18-16-39(17-19(18)12-22)29(41)37-21-7-8-26(31)25(13-21)30(32,33)34/h2-10,13,15,18-19,22H,11-12,16-17H2,1H3,(H,37,41)/t18-,19?,22+/m1/s1. The Bertz CT molecular complexity index is 1890. The number of pyridine rings is 1. The van der Waals surface area contributed by atoms with E-state index in [0.29, 0.717) is 42.6 Å². The molecule has 2 aliphatic rings. The van der Waals surface area contributed by atoms with Gasteiger partial charge in [-0.05, 0) is 61.1 Å². The number of carbonyl (C=O) groups excluding carboxylic acids is 1. The molecule has 2 aromatic heterocycles. The summed E-state index contributed by atoms with van der Waals surface area (Å²) in [6.45, 7) is 0.867. The van der Waals surface area contributed by atoms with Gasteiger partial charge < -0.3 is 15.1 Å². The number of urea groups is 1. The molecule has 44 heavy (non-hydrogen) atoms. The van der Waals surface area contributed by atoms with Crippen LogP contribution >= 0.6 is 11.6 Å². The third kappa shape index (κ3) is 5.22. The quantitative estimate of drug-likeness (QED) is 0.278. The van der Waals surface area contributed by atoms with E-state index in [0.717, 1.165) is 16.1 Å². The summed E-state index contributed by atoms with van der Waals surface area (Å²) in [6, 6.07) is 14.6. The lowest BCUT2D eigenvalue weighted by molar-refractivity contribution is -0.137. The Balaban J connectivity index is 1.18. The highest BCUT2D eigenvalue weighted by molar-refractivity contribution is 7.90. The first-order valence-corrected chi connectivity index (χ1v) is 15.6. The number of alkyl halides is 3. The lowest BCUT2D eigenvalue weighted by atomic mass is 10.0. The number of rotatable bonds is 5. The van der Waals surface area contributed by atoms with Crippen molar-refractivity contribution in [2.45, 2.75) is 30.0 Å². The average molecular weight is 643 g/mol. The predicted molar refractivity (Wildman–Crippen MR) is 159 cm³/mol. The average Bonchev–Trinajstić information content (AvgIpc) is 3.71. The summed E-state index contributed by atoms with van der Waals surface area (Å²) in [5.41, 5.74) is 0.104. The molecule has 9 nitrogen and oxygen atoms in total. The topological polar surface area (TPSA) is 111 Å². The number of carbonyl (C=O) groups is 1. The first-order valence-electron chi connectivity index (χ1n) is 13.7. The molecule has 4 aromatic rings. The van der Waals surface area contributed by atoms with E-state index in [-0.39, 0.29) is 34.1 Å². The van der Waals surface area contributed by atoms with Crippen molar-refractivity contribution in [2.75, 3.05) is 30.4 Å². The van der Waals surface area contributed by atoms with E-state index in [1.165, 1.54) is 30.6 Å². The van der Waals surface area contributed by atoms with Gasteiger partial charge in [0.15, 0.2) is 5.65 Å². The van der Waals surface area contributed by atoms with Crippen LogP contribution in [-0.2, 0) is 16.2 Å². The highest BCUT2D eigenvalue weighted by Gasteiger charge is 2.44. The van der Waals surface area contributed by atoms with Crippen molar-refractivity contribution in [2.24, 2.45) is 11.8 Å². The number of amides is 2. The van der Waals surface area contributed by atoms with E-state index < -0.39 is 32.8 Å². The van der Waals surface area contributed by atoms with E-state index in [4.69, 9.17) is 11.6 Å². The van der Waals surface area contributed by atoms with E-state index in [1.54, 1.807) is 29.2 Å². The van der Waals surface area contributed by atoms with Crippen molar-refractivity contribution in [1.82, 2.24) is 13.9 Å². The molecular weight excluding hydrogens is 617 g/mol. The van der Waals surface area contributed by atoms with Gasteiger partial charge in [-0.25, -0.2) is 22.2 Å². The molecule has 2 amide bonds. The molecule has 0 radical (unpaired) electrons. The molecular formula is C30H26ClF3N6O3S. The number of hydrogen-bond donors (Lipinski definition) is 1. The summed E-state index contributed by atoms with van der Waals surface area (Å²) in [4.78, 5) is 21.0. The summed E-state index contributed by atoms with van der Waals surface area (Å²) in [5.74, 6) is 0.296. The van der Waals surface area contributed by atoms with Crippen LogP contribution in [0, 0.1) is 23.2 Å². The van der Waals surface area contributed by atoms with Crippen molar-refractivity contribution in [1.29, 1.82) is 5.26 Å². The molecule has 1 saturated heterocycles. The first-order chi connectivity index (χ1) is 20.9. The van der Waals surface area contributed by atoms with Crippen molar-refractivity contribution < 1.29 is 26.4 Å². The molecule has 1 unspecified atom stereocenters. The largest absolute Gasteiger partial charge is 0.417 e. The number of likely N-dealkylation sites (tertiary alicyclic amines) is 1. The maximum Gasteiger partial charge on any atom is 0.417 e. The highest BCUT2D eigenvalue weighted by atomic mass is 35.5. The third-order valence-corrected chi connectivity index (χ3v) is 10.5. The van der Waals surface area contributed by atoms with Crippen LogP contribution in [-0.4, -0.2) is 54.5 Å². The number of nitrogens with zero attached hydrogens (tertiary/aromatic N) is 5. The number of nitriles is 1. The Hall–Kier alpha value is -4.28. The molecule has 1 saturated carbocycles. The second kappa shape index (κ2) is 11.0. The molecule has 1 aliphatic heterocycles. The van der Waals surface area contributed by atoms with E-state index in [1.807, 2.05) is 11.9 Å². The van der Waals surface area contributed by atoms with Gasteiger partial charge in [-0.3, -0.25) is 0 Å². The lowest BCUT2D eigenvalue weighted by Crippen LogP contribution is -2.36. The summed E-state index contributed by atoms with van der Waals surface area (Å²) in [5, 5.41) is 12.6. The van der Waals surface area contributed by atoms with Crippen LogP contribution in [0.4, 0.5) is 29.3 Å². The van der Waals surface area contributed by atoms with Gasteiger partial charge in [0.25, 0.3) is 10.0 Å². The Labute approximate surface area is 256 Å². The summed E-state index contributed by atoms with van der Waals surface area (Å²) >= 11 is 5.69. The number of aromatic nitrogens is 2. The molecule has 1 N–H and O–H groups in total. The summed E-state index contributed by atoms with van der Waals surface area (Å²) in [7, 11) is -2.05. The zero-order chi connectivity index (χ0) is 31.4. The smallest absolute Gasteiger partial charge is 0.370 e. The van der Waals surface area contributed by atoms with Crippen molar-refractivity contribution >= 4 is 50.1 Å². The minimum Gasteiger partial charge on any atom is -0.370 e. The van der Waals surface area contributed by atoms with E-state index >= 15 is 0 Å². The maximum absolute atomic E-state index is 13.4.